The third kappa shape index (κ3) is 1.19. The van der Waals surface area contributed by atoms with E-state index in [2.05, 4.69) is 5.10 Å². The molecular formula is C10H9FN2O. The molecule has 0 saturated heterocycles. The van der Waals surface area contributed by atoms with Crippen LogP contribution in [0.5, 0.6) is 0 Å². The van der Waals surface area contributed by atoms with E-state index >= 15 is 0 Å². The van der Waals surface area contributed by atoms with Crippen molar-refractivity contribution >= 4 is 10.8 Å². The van der Waals surface area contributed by atoms with Crippen molar-refractivity contribution in [3.05, 3.63) is 40.6 Å². The van der Waals surface area contributed by atoms with Gasteiger partial charge in [-0.15, -0.1) is 0 Å². The fourth-order valence-electron chi connectivity index (χ4n) is 1.41. The average molecular weight is 192 g/mol. The summed E-state index contributed by atoms with van der Waals surface area (Å²) in [5.74, 6) is -0.489. The van der Waals surface area contributed by atoms with E-state index in [0.29, 0.717) is 11.9 Å². The van der Waals surface area contributed by atoms with Crippen LogP contribution in [-0.4, -0.2) is 9.78 Å². The van der Waals surface area contributed by atoms with E-state index in [9.17, 15) is 9.18 Å². The van der Waals surface area contributed by atoms with E-state index in [4.69, 9.17) is 0 Å². The standard InChI is InChI=1S/C10H9FN2O/c1-2-13-10(14)9-7(6-12-13)4-3-5-8(9)11/h3-6H,2H2,1H3. The Bertz CT molecular complexity index is 533. The van der Waals surface area contributed by atoms with Gasteiger partial charge in [-0.2, -0.15) is 5.10 Å². The maximum atomic E-state index is 13.3. The highest BCUT2D eigenvalue weighted by Gasteiger charge is 2.06. The van der Waals surface area contributed by atoms with Crippen molar-refractivity contribution in [3.8, 4) is 0 Å². The minimum absolute atomic E-state index is 0.115. The van der Waals surface area contributed by atoms with E-state index in [-0.39, 0.29) is 10.9 Å². The van der Waals surface area contributed by atoms with Crippen LogP contribution in [0.4, 0.5) is 4.39 Å². The number of fused-ring (bicyclic) bond motifs is 1. The van der Waals surface area contributed by atoms with Crippen LogP contribution in [0, 0.1) is 5.82 Å². The van der Waals surface area contributed by atoms with Crippen LogP contribution in [0.2, 0.25) is 0 Å². The lowest BCUT2D eigenvalue weighted by molar-refractivity contribution is 0.607. The average Bonchev–Trinajstić information content (AvgIpc) is 2.18. The number of benzene rings is 1. The highest BCUT2D eigenvalue weighted by Crippen LogP contribution is 2.11. The fourth-order valence-corrected chi connectivity index (χ4v) is 1.41. The normalized spacial score (nSPS) is 10.7. The number of aromatic nitrogens is 2. The minimum atomic E-state index is -0.489. The third-order valence-corrected chi connectivity index (χ3v) is 2.13. The van der Waals surface area contributed by atoms with Crippen LogP contribution in [0.3, 0.4) is 0 Å². The Kier molecular flexibility index (Phi) is 2.04. The van der Waals surface area contributed by atoms with E-state index in [1.54, 1.807) is 19.1 Å². The Hall–Kier alpha value is -1.71. The molecule has 0 bridgehead atoms. The molecule has 1 aromatic heterocycles. The molecule has 0 aliphatic heterocycles. The van der Waals surface area contributed by atoms with Crippen LogP contribution in [0.25, 0.3) is 10.8 Å². The largest absolute Gasteiger partial charge is 0.277 e. The monoisotopic (exact) mass is 192 g/mol. The molecule has 72 valence electrons. The van der Waals surface area contributed by atoms with E-state index in [1.807, 2.05) is 0 Å². The zero-order valence-corrected chi connectivity index (χ0v) is 7.70. The van der Waals surface area contributed by atoms with Gasteiger partial charge in [-0.05, 0) is 13.0 Å². The summed E-state index contributed by atoms with van der Waals surface area (Å²) < 4.78 is 14.6. The van der Waals surface area contributed by atoms with Crippen molar-refractivity contribution in [2.24, 2.45) is 0 Å². The molecule has 0 amide bonds. The van der Waals surface area contributed by atoms with Crippen LogP contribution < -0.4 is 5.56 Å². The van der Waals surface area contributed by atoms with E-state index < -0.39 is 5.82 Å². The molecule has 4 heteroatoms. The quantitative estimate of drug-likeness (QED) is 0.687. The summed E-state index contributed by atoms with van der Waals surface area (Å²) in [5.41, 5.74) is -0.372. The molecule has 1 heterocycles. The molecule has 0 N–H and O–H groups in total. The van der Waals surface area contributed by atoms with Gasteiger partial charge in [-0.1, -0.05) is 12.1 Å². The molecule has 0 radical (unpaired) electrons. The Morgan fingerprint density at radius 2 is 2.29 bits per heavy atom. The van der Waals surface area contributed by atoms with E-state index in [0.717, 1.165) is 0 Å². The highest BCUT2D eigenvalue weighted by atomic mass is 19.1. The first kappa shape index (κ1) is 8.87. The molecule has 0 fully saturated rings. The van der Waals surface area contributed by atoms with Gasteiger partial charge in [0.15, 0.2) is 0 Å². The number of nitrogens with zero attached hydrogens (tertiary/aromatic N) is 2. The predicted molar refractivity (Wildman–Crippen MR) is 51.6 cm³/mol. The van der Waals surface area contributed by atoms with Crippen molar-refractivity contribution < 1.29 is 4.39 Å². The topological polar surface area (TPSA) is 34.9 Å². The Labute approximate surface area is 79.8 Å². The minimum Gasteiger partial charge on any atom is -0.267 e. The molecular weight excluding hydrogens is 183 g/mol. The van der Waals surface area contributed by atoms with Crippen LogP contribution in [0.1, 0.15) is 6.92 Å². The maximum absolute atomic E-state index is 13.3. The summed E-state index contributed by atoms with van der Waals surface area (Å²) >= 11 is 0. The Morgan fingerprint density at radius 1 is 1.50 bits per heavy atom. The lowest BCUT2D eigenvalue weighted by Gasteiger charge is -2.02. The van der Waals surface area contributed by atoms with Gasteiger partial charge in [0.25, 0.3) is 5.56 Å². The second-order valence-electron chi connectivity index (χ2n) is 2.97. The van der Waals surface area contributed by atoms with Gasteiger partial charge < -0.3 is 0 Å². The summed E-state index contributed by atoms with van der Waals surface area (Å²) in [7, 11) is 0. The van der Waals surface area contributed by atoms with Gasteiger partial charge in [0.1, 0.15) is 5.82 Å². The van der Waals surface area contributed by atoms with Crippen LogP contribution in [-0.2, 0) is 6.54 Å². The second kappa shape index (κ2) is 3.21. The highest BCUT2D eigenvalue weighted by molar-refractivity contribution is 5.80. The lowest BCUT2D eigenvalue weighted by atomic mass is 10.2. The molecule has 0 aliphatic carbocycles. The number of rotatable bonds is 1. The van der Waals surface area contributed by atoms with Gasteiger partial charge in [0.05, 0.1) is 11.6 Å². The number of hydrogen-bond acceptors (Lipinski definition) is 2. The van der Waals surface area contributed by atoms with Crippen molar-refractivity contribution in [1.29, 1.82) is 0 Å². The molecule has 14 heavy (non-hydrogen) atoms. The molecule has 3 nitrogen and oxygen atoms in total. The first-order valence-electron chi connectivity index (χ1n) is 4.38. The molecule has 0 spiro atoms. The maximum Gasteiger partial charge on any atom is 0.277 e. The van der Waals surface area contributed by atoms with Crippen molar-refractivity contribution in [2.45, 2.75) is 13.5 Å². The molecule has 0 aliphatic rings. The lowest BCUT2D eigenvalue weighted by Crippen LogP contribution is -2.22. The van der Waals surface area contributed by atoms with Gasteiger partial charge >= 0.3 is 0 Å². The predicted octanol–water partition coefficient (Wildman–Crippen LogP) is 1.56. The number of hydrogen-bond donors (Lipinski definition) is 0. The summed E-state index contributed by atoms with van der Waals surface area (Å²) in [6.07, 6.45) is 1.50. The summed E-state index contributed by atoms with van der Waals surface area (Å²) in [6, 6.07) is 4.52. The molecule has 0 saturated carbocycles. The number of aryl methyl sites for hydroxylation is 1. The smallest absolute Gasteiger partial charge is 0.267 e. The molecule has 0 unspecified atom stereocenters. The summed E-state index contributed by atoms with van der Waals surface area (Å²) in [5, 5.41) is 4.56. The zero-order chi connectivity index (χ0) is 10.1. The molecule has 2 aromatic rings. The second-order valence-corrected chi connectivity index (χ2v) is 2.97. The Balaban J connectivity index is 2.94. The first-order valence-corrected chi connectivity index (χ1v) is 4.38. The fraction of sp³-hybridized carbons (Fsp3) is 0.200. The van der Waals surface area contributed by atoms with Gasteiger partial charge in [0.2, 0.25) is 0 Å². The molecule has 1 aromatic carbocycles. The molecule has 2 rings (SSSR count). The van der Waals surface area contributed by atoms with Gasteiger partial charge in [0, 0.05) is 11.9 Å². The first-order chi connectivity index (χ1) is 6.74. The van der Waals surface area contributed by atoms with Gasteiger partial charge in [-0.3, -0.25) is 4.79 Å². The SMILES string of the molecule is CCn1ncc2cccc(F)c2c1=O. The van der Waals surface area contributed by atoms with Crippen molar-refractivity contribution in [2.75, 3.05) is 0 Å². The molecule has 0 atom stereocenters. The van der Waals surface area contributed by atoms with Crippen LogP contribution >= 0.6 is 0 Å². The Morgan fingerprint density at radius 3 is 3.00 bits per heavy atom. The van der Waals surface area contributed by atoms with Crippen molar-refractivity contribution in [1.82, 2.24) is 9.78 Å². The third-order valence-electron chi connectivity index (χ3n) is 2.13. The van der Waals surface area contributed by atoms with Gasteiger partial charge in [-0.25, -0.2) is 9.07 Å². The zero-order valence-electron chi connectivity index (χ0n) is 7.70. The summed E-state index contributed by atoms with van der Waals surface area (Å²) in [6.45, 7) is 2.24. The van der Waals surface area contributed by atoms with Crippen LogP contribution in [0.15, 0.2) is 29.2 Å². The van der Waals surface area contributed by atoms with Crippen molar-refractivity contribution in [3.63, 3.8) is 0 Å². The van der Waals surface area contributed by atoms with E-state index in [1.165, 1.54) is 16.9 Å². The summed E-state index contributed by atoms with van der Waals surface area (Å²) in [4.78, 5) is 11.6. The number of halogens is 1.